The molecular weight excluding hydrogens is 393 g/mol. The van der Waals surface area contributed by atoms with Gasteiger partial charge in [0.2, 0.25) is 0 Å². The summed E-state index contributed by atoms with van der Waals surface area (Å²) in [5, 5.41) is 1.48. The van der Waals surface area contributed by atoms with E-state index in [2.05, 4.69) is 0 Å². The van der Waals surface area contributed by atoms with Gasteiger partial charge in [-0.25, -0.2) is 4.79 Å². The fraction of sp³-hybridized carbons (Fsp3) is 0.158. The van der Waals surface area contributed by atoms with Gasteiger partial charge in [-0.15, -0.1) is 11.8 Å². The number of benzene rings is 2. The third kappa shape index (κ3) is 3.11. The van der Waals surface area contributed by atoms with E-state index in [1.165, 1.54) is 0 Å². The molecule has 7 heteroatoms. The lowest BCUT2D eigenvalue weighted by Crippen LogP contribution is -2.33. The van der Waals surface area contributed by atoms with Crippen LogP contribution in [0.3, 0.4) is 0 Å². The van der Waals surface area contributed by atoms with Crippen molar-refractivity contribution in [2.75, 3.05) is 12.3 Å². The van der Waals surface area contributed by atoms with Crippen molar-refractivity contribution >= 4 is 51.8 Å². The molecule has 0 N–H and O–H groups in total. The van der Waals surface area contributed by atoms with E-state index < -0.39 is 5.63 Å². The lowest BCUT2D eigenvalue weighted by Gasteiger charge is -2.24. The van der Waals surface area contributed by atoms with E-state index in [9.17, 15) is 9.59 Å². The van der Waals surface area contributed by atoms with Crippen LogP contribution < -0.4 is 5.63 Å². The minimum Gasteiger partial charge on any atom is -0.422 e. The number of hydrogen-bond donors (Lipinski definition) is 0. The van der Waals surface area contributed by atoms with Crippen LogP contribution in [0.1, 0.15) is 21.3 Å². The summed E-state index contributed by atoms with van der Waals surface area (Å²) >= 11 is 13.9. The molecule has 3 aromatic rings. The molecule has 2 aromatic carbocycles. The summed E-state index contributed by atoms with van der Waals surface area (Å²) in [7, 11) is 0. The molecule has 1 aliphatic rings. The molecule has 0 aliphatic carbocycles. The fourth-order valence-electron chi connectivity index (χ4n) is 3.00. The van der Waals surface area contributed by atoms with Crippen LogP contribution in [0.5, 0.6) is 0 Å². The predicted molar refractivity (Wildman–Crippen MR) is 105 cm³/mol. The van der Waals surface area contributed by atoms with E-state index in [1.807, 2.05) is 12.1 Å². The van der Waals surface area contributed by atoms with Gasteiger partial charge in [0.25, 0.3) is 5.91 Å². The van der Waals surface area contributed by atoms with Crippen LogP contribution in [0.4, 0.5) is 0 Å². The highest BCUT2D eigenvalue weighted by atomic mass is 35.5. The van der Waals surface area contributed by atoms with Gasteiger partial charge in [0.05, 0.1) is 0 Å². The van der Waals surface area contributed by atoms with Crippen LogP contribution in [0.2, 0.25) is 10.0 Å². The number of nitrogens with zero attached hydrogens (tertiary/aromatic N) is 1. The number of fused-ring (bicyclic) bond motifs is 1. The van der Waals surface area contributed by atoms with Crippen molar-refractivity contribution in [3.8, 4) is 0 Å². The Morgan fingerprint density at radius 3 is 2.77 bits per heavy atom. The average molecular weight is 406 g/mol. The van der Waals surface area contributed by atoms with Crippen LogP contribution in [0.25, 0.3) is 11.0 Å². The Morgan fingerprint density at radius 2 is 1.96 bits per heavy atom. The number of amides is 1. The maximum Gasteiger partial charge on any atom is 0.349 e. The number of thioether (sulfide) groups is 1. The zero-order chi connectivity index (χ0) is 18.3. The second-order valence-electron chi connectivity index (χ2n) is 5.87. The van der Waals surface area contributed by atoms with Gasteiger partial charge >= 0.3 is 5.63 Å². The summed E-state index contributed by atoms with van der Waals surface area (Å²) in [4.78, 5) is 27.0. The zero-order valence-corrected chi connectivity index (χ0v) is 15.8. The number of carbonyl (C=O) groups is 1. The van der Waals surface area contributed by atoms with Crippen LogP contribution in [0, 0.1) is 0 Å². The Bertz CT molecular complexity index is 1070. The molecule has 1 amide bonds. The summed E-state index contributed by atoms with van der Waals surface area (Å²) in [6.45, 7) is 0.527. The van der Waals surface area contributed by atoms with Crippen molar-refractivity contribution in [2.24, 2.45) is 0 Å². The molecule has 0 unspecified atom stereocenters. The lowest BCUT2D eigenvalue weighted by molar-refractivity contribution is 0.0756. The molecule has 1 atom stereocenters. The SMILES string of the molecule is O=C(c1cc2ccccc2oc1=O)N1CCS[C@@H]1c1ccc(Cl)cc1Cl. The summed E-state index contributed by atoms with van der Waals surface area (Å²) in [5.74, 6) is 0.402. The second kappa shape index (κ2) is 6.99. The number of hydrogen-bond acceptors (Lipinski definition) is 4. The minimum absolute atomic E-state index is 0.0290. The Kier molecular flexibility index (Phi) is 4.69. The van der Waals surface area contributed by atoms with Crippen molar-refractivity contribution in [3.63, 3.8) is 0 Å². The van der Waals surface area contributed by atoms with Crippen molar-refractivity contribution in [1.82, 2.24) is 4.90 Å². The Balaban J connectivity index is 1.73. The van der Waals surface area contributed by atoms with Gasteiger partial charge in [-0.3, -0.25) is 4.79 Å². The molecule has 132 valence electrons. The van der Waals surface area contributed by atoms with Crippen molar-refractivity contribution in [2.45, 2.75) is 5.37 Å². The third-order valence-corrected chi connectivity index (χ3v) is 6.06. The highest BCUT2D eigenvalue weighted by Crippen LogP contribution is 2.42. The molecule has 1 saturated heterocycles. The maximum absolute atomic E-state index is 13.1. The molecule has 0 bridgehead atoms. The molecule has 1 fully saturated rings. The van der Waals surface area contributed by atoms with E-state index in [4.69, 9.17) is 27.6 Å². The summed E-state index contributed by atoms with van der Waals surface area (Å²) in [6, 6.07) is 13.9. The number of carbonyl (C=O) groups excluding carboxylic acids is 1. The number of para-hydroxylation sites is 1. The molecule has 1 aliphatic heterocycles. The van der Waals surface area contributed by atoms with Crippen LogP contribution in [0.15, 0.2) is 57.7 Å². The largest absolute Gasteiger partial charge is 0.422 e. The van der Waals surface area contributed by atoms with E-state index in [0.29, 0.717) is 27.6 Å². The summed E-state index contributed by atoms with van der Waals surface area (Å²) in [5.41, 5.74) is 0.659. The van der Waals surface area contributed by atoms with Crippen molar-refractivity contribution in [1.29, 1.82) is 0 Å². The molecule has 0 radical (unpaired) electrons. The number of halogens is 2. The van der Waals surface area contributed by atoms with Gasteiger partial charge < -0.3 is 9.32 Å². The molecule has 2 heterocycles. The van der Waals surface area contributed by atoms with Crippen molar-refractivity contribution < 1.29 is 9.21 Å². The first kappa shape index (κ1) is 17.5. The Hall–Kier alpha value is -1.95. The van der Waals surface area contributed by atoms with E-state index >= 15 is 0 Å². The first-order valence-corrected chi connectivity index (χ1v) is 9.75. The molecule has 1 aromatic heterocycles. The monoisotopic (exact) mass is 405 g/mol. The van der Waals surface area contributed by atoms with E-state index in [0.717, 1.165) is 11.3 Å². The quantitative estimate of drug-likeness (QED) is 0.563. The Morgan fingerprint density at radius 1 is 1.15 bits per heavy atom. The average Bonchev–Trinajstić information content (AvgIpc) is 3.10. The smallest absolute Gasteiger partial charge is 0.349 e. The lowest BCUT2D eigenvalue weighted by atomic mass is 10.1. The molecule has 26 heavy (non-hydrogen) atoms. The van der Waals surface area contributed by atoms with Crippen LogP contribution in [-0.4, -0.2) is 23.1 Å². The third-order valence-electron chi connectivity index (χ3n) is 4.25. The molecule has 4 nitrogen and oxygen atoms in total. The molecule has 0 spiro atoms. The Labute approximate surface area is 163 Å². The first-order chi connectivity index (χ1) is 12.5. The van der Waals surface area contributed by atoms with Crippen LogP contribution in [-0.2, 0) is 0 Å². The first-order valence-electron chi connectivity index (χ1n) is 7.95. The van der Waals surface area contributed by atoms with Gasteiger partial charge in [-0.2, -0.15) is 0 Å². The molecule has 0 saturated carbocycles. The van der Waals surface area contributed by atoms with Gasteiger partial charge in [0.1, 0.15) is 16.5 Å². The maximum atomic E-state index is 13.1. The van der Waals surface area contributed by atoms with E-state index in [1.54, 1.807) is 53.1 Å². The van der Waals surface area contributed by atoms with Crippen LogP contribution >= 0.6 is 35.0 Å². The van der Waals surface area contributed by atoms with E-state index in [-0.39, 0.29) is 16.8 Å². The normalized spacial score (nSPS) is 17.0. The fourth-order valence-corrected chi connectivity index (χ4v) is 4.87. The number of rotatable bonds is 2. The highest BCUT2D eigenvalue weighted by Gasteiger charge is 2.34. The highest BCUT2D eigenvalue weighted by molar-refractivity contribution is 7.99. The predicted octanol–water partition coefficient (Wildman–Crippen LogP) is 4.99. The van der Waals surface area contributed by atoms with Gasteiger partial charge in [0.15, 0.2) is 0 Å². The standard InChI is InChI=1S/C19H13Cl2NO3S/c20-12-5-6-13(15(21)10-12)18-22(7-8-26-18)17(23)14-9-11-3-1-2-4-16(11)25-19(14)24/h1-6,9-10,18H,7-8H2/t18-/m1/s1. The van der Waals surface area contributed by atoms with Gasteiger partial charge in [0, 0.05) is 33.3 Å². The minimum atomic E-state index is -0.633. The topological polar surface area (TPSA) is 50.5 Å². The van der Waals surface area contributed by atoms with Crippen molar-refractivity contribution in [3.05, 3.63) is 80.1 Å². The zero-order valence-electron chi connectivity index (χ0n) is 13.4. The summed E-state index contributed by atoms with van der Waals surface area (Å²) < 4.78 is 5.30. The molecular formula is C19H13Cl2NO3S. The van der Waals surface area contributed by atoms with Gasteiger partial charge in [-0.1, -0.05) is 47.5 Å². The summed E-state index contributed by atoms with van der Waals surface area (Å²) in [6.07, 6.45) is 0. The van der Waals surface area contributed by atoms with Gasteiger partial charge in [-0.05, 0) is 24.3 Å². The second-order valence-corrected chi connectivity index (χ2v) is 7.90. The molecule has 4 rings (SSSR count).